The zero-order valence-electron chi connectivity index (χ0n) is 7.71. The normalized spacial score (nSPS) is 16.5. The predicted molar refractivity (Wildman–Crippen MR) is 56.5 cm³/mol. The van der Waals surface area contributed by atoms with Gasteiger partial charge in [-0.15, -0.1) is 12.2 Å². The van der Waals surface area contributed by atoms with E-state index in [-0.39, 0.29) is 0 Å². The van der Waals surface area contributed by atoms with Gasteiger partial charge in [-0.25, -0.2) is 0 Å². The van der Waals surface area contributed by atoms with E-state index in [4.69, 9.17) is 0 Å². The van der Waals surface area contributed by atoms with Crippen LogP contribution in [0.15, 0.2) is 22.6 Å². The van der Waals surface area contributed by atoms with Crippen LogP contribution in [0.2, 0.25) is 0 Å². The van der Waals surface area contributed by atoms with Gasteiger partial charge in [-0.2, -0.15) is 11.8 Å². The number of thioether (sulfide) groups is 1. The average molecular weight is 181 g/mol. The Hall–Kier alpha value is -0.630. The van der Waals surface area contributed by atoms with Crippen molar-refractivity contribution in [2.45, 2.75) is 12.8 Å². The fraction of sp³-hybridized carbons (Fsp3) is 0.400. The Labute approximate surface area is 78.9 Å². The Morgan fingerprint density at radius 1 is 1.50 bits per heavy atom. The highest BCUT2D eigenvalue weighted by atomic mass is 32.2. The summed E-state index contributed by atoms with van der Waals surface area (Å²) >= 11 is 1.80. The quantitative estimate of drug-likeness (QED) is 0.367. The first-order valence-corrected chi connectivity index (χ1v) is 5.29. The number of hydrogen-bond donors (Lipinski definition) is 0. The van der Waals surface area contributed by atoms with Gasteiger partial charge in [0.05, 0.1) is 13.3 Å². The molecule has 0 aromatic rings. The first-order valence-electron chi connectivity index (χ1n) is 4.07. The van der Waals surface area contributed by atoms with Crippen molar-refractivity contribution in [1.82, 2.24) is 0 Å². The van der Waals surface area contributed by atoms with Crippen LogP contribution in [0, 0.1) is 6.54 Å². The van der Waals surface area contributed by atoms with Gasteiger partial charge in [0.1, 0.15) is 7.05 Å². The Morgan fingerprint density at radius 3 is 2.75 bits per heavy atom. The number of rotatable bonds is 3. The molecule has 1 nitrogen and oxygen atoms in total. The highest BCUT2D eigenvalue weighted by Crippen LogP contribution is 2.28. The largest absolute Gasteiger partial charge is 0.293 e. The van der Waals surface area contributed by atoms with Crippen LogP contribution in [-0.4, -0.2) is 24.6 Å². The molecule has 66 valence electrons. The second-order valence-electron chi connectivity index (χ2n) is 2.90. The van der Waals surface area contributed by atoms with Crippen LogP contribution < -0.4 is 0 Å². The van der Waals surface area contributed by atoms with Crippen LogP contribution in [0.5, 0.6) is 0 Å². The molecular formula is C10H15NS. The Kier molecular flexibility index (Phi) is 3.48. The van der Waals surface area contributed by atoms with Crippen LogP contribution in [-0.2, 0) is 0 Å². The molecule has 2 heteroatoms. The zero-order valence-corrected chi connectivity index (χ0v) is 8.53. The minimum Gasteiger partial charge on any atom is -0.293 e. The van der Waals surface area contributed by atoms with Crippen LogP contribution in [0.1, 0.15) is 12.8 Å². The summed E-state index contributed by atoms with van der Waals surface area (Å²) in [5, 5.41) is 0. The molecule has 0 fully saturated rings. The Balaban J connectivity index is 2.67. The van der Waals surface area contributed by atoms with E-state index in [0.29, 0.717) is 0 Å². The molecule has 1 rings (SSSR count). The first kappa shape index (κ1) is 9.46. The van der Waals surface area contributed by atoms with Gasteiger partial charge < -0.3 is 0 Å². The van der Waals surface area contributed by atoms with Crippen molar-refractivity contribution >= 4 is 18.5 Å². The molecule has 0 radical (unpaired) electrons. The number of hydrogen-bond acceptors (Lipinski definition) is 1. The summed E-state index contributed by atoms with van der Waals surface area (Å²) in [7, 11) is 1.95. The number of likely N-dealkylation sites (N-methyl/N-ethyl adjacent to an activating group) is 1. The lowest BCUT2D eigenvalue weighted by molar-refractivity contribution is -0.439. The lowest BCUT2D eigenvalue weighted by Gasteiger charge is -2.18. The second-order valence-corrected chi connectivity index (χ2v) is 3.74. The fourth-order valence-corrected chi connectivity index (χ4v) is 1.88. The average Bonchev–Trinajstić information content (AvgIpc) is 2.04. The lowest BCUT2D eigenvalue weighted by atomic mass is 10.1. The van der Waals surface area contributed by atoms with Crippen molar-refractivity contribution in [3.63, 3.8) is 0 Å². The molecule has 0 bridgehead atoms. The third-order valence-corrected chi connectivity index (χ3v) is 2.57. The van der Waals surface area contributed by atoms with Crippen molar-refractivity contribution in [1.29, 1.82) is 0 Å². The summed E-state index contributed by atoms with van der Waals surface area (Å²) in [6.45, 7) is 5.87. The van der Waals surface area contributed by atoms with Gasteiger partial charge in [0.2, 0.25) is 0 Å². The monoisotopic (exact) mass is 181 g/mol. The van der Waals surface area contributed by atoms with Crippen LogP contribution in [0.3, 0.4) is 0 Å². The van der Waals surface area contributed by atoms with E-state index in [0.717, 1.165) is 6.42 Å². The Bertz CT molecular complexity index is 238. The molecule has 1 aliphatic carbocycles. The Morgan fingerprint density at radius 2 is 2.17 bits per heavy atom. The summed E-state index contributed by atoms with van der Waals surface area (Å²) in [6, 6.07) is 0. The van der Waals surface area contributed by atoms with E-state index in [1.807, 2.05) is 11.6 Å². The van der Waals surface area contributed by atoms with Crippen LogP contribution in [0.25, 0.3) is 0 Å². The van der Waals surface area contributed by atoms with E-state index in [9.17, 15) is 0 Å². The summed E-state index contributed by atoms with van der Waals surface area (Å²) in [5.74, 6) is 0. The topological polar surface area (TPSA) is 3.01 Å². The van der Waals surface area contributed by atoms with Crippen LogP contribution in [0.4, 0.5) is 0 Å². The summed E-state index contributed by atoms with van der Waals surface area (Å²) in [6.07, 6.45) is 9.01. The standard InChI is InChI=1S/C10H15NS/c1-11(2)8-9-6-4-5-7-10(9)12-3/h6-8H,1,4-5H2,2-3H3. The lowest BCUT2D eigenvalue weighted by Crippen LogP contribution is -2.03. The molecule has 1 aliphatic rings. The molecule has 0 N–H and O–H groups in total. The third kappa shape index (κ3) is 2.45. The third-order valence-electron chi connectivity index (χ3n) is 1.72. The van der Waals surface area contributed by atoms with Crippen molar-refractivity contribution < 1.29 is 4.58 Å². The van der Waals surface area contributed by atoms with Gasteiger partial charge in [-0.3, -0.25) is 4.58 Å². The molecule has 0 spiro atoms. The van der Waals surface area contributed by atoms with Crippen molar-refractivity contribution in [2.24, 2.45) is 0 Å². The maximum Gasteiger partial charge on any atom is 0.120 e. The zero-order chi connectivity index (χ0) is 8.97. The van der Waals surface area contributed by atoms with E-state index in [1.54, 1.807) is 11.8 Å². The van der Waals surface area contributed by atoms with Crippen LogP contribution >= 0.6 is 11.8 Å². The molecule has 0 heterocycles. The molecule has 0 amide bonds. The van der Waals surface area contributed by atoms with E-state index in [2.05, 4.69) is 31.7 Å². The van der Waals surface area contributed by atoms with E-state index < -0.39 is 0 Å². The van der Waals surface area contributed by atoms with Gasteiger partial charge >= 0.3 is 0 Å². The van der Waals surface area contributed by atoms with Gasteiger partial charge in [0, 0.05) is 0 Å². The van der Waals surface area contributed by atoms with Crippen molar-refractivity contribution in [3.8, 4) is 0 Å². The summed E-state index contributed by atoms with van der Waals surface area (Å²) < 4.78 is 1.85. The maximum atomic E-state index is 3.80. The molecular weight excluding hydrogens is 166 g/mol. The first-order chi connectivity index (χ1) is 5.74. The number of allylic oxidation sites excluding steroid dienone is 2. The molecule has 0 saturated carbocycles. The van der Waals surface area contributed by atoms with Gasteiger partial charge in [0.15, 0.2) is 0 Å². The fourth-order valence-electron chi connectivity index (χ4n) is 1.23. The molecule has 0 aromatic heterocycles. The van der Waals surface area contributed by atoms with Gasteiger partial charge in [-0.1, -0.05) is 16.9 Å². The van der Waals surface area contributed by atoms with Crippen molar-refractivity contribution in [2.75, 3.05) is 13.3 Å². The van der Waals surface area contributed by atoms with E-state index in [1.165, 1.54) is 16.9 Å². The molecule has 0 saturated heterocycles. The van der Waals surface area contributed by atoms with Gasteiger partial charge in [0.25, 0.3) is 0 Å². The molecule has 0 aliphatic heterocycles. The number of nitrogens with zero attached hydrogens (tertiary/aromatic N) is 1. The second kappa shape index (κ2) is 4.41. The maximum absolute atomic E-state index is 3.80. The molecule has 0 atom stereocenters. The van der Waals surface area contributed by atoms with E-state index >= 15 is 0 Å². The minimum atomic E-state index is 1.16. The summed E-state index contributed by atoms with van der Waals surface area (Å²) in [4.78, 5) is 1.37. The molecule has 0 unspecified atom stereocenters. The molecule has 12 heavy (non-hydrogen) atoms. The van der Waals surface area contributed by atoms with Gasteiger partial charge in [-0.05, 0) is 12.7 Å². The highest BCUT2D eigenvalue weighted by molar-refractivity contribution is 8.02. The van der Waals surface area contributed by atoms with Crippen molar-refractivity contribution in [3.05, 3.63) is 29.2 Å². The molecule has 0 aromatic carbocycles. The summed E-state index contributed by atoms with van der Waals surface area (Å²) in [5.41, 5.74) is 1.31. The SMILES string of the molecule is C=[N+](C)[CH-]C1=CCCC=C1SC. The predicted octanol–water partition coefficient (Wildman–Crippen LogP) is 2.46. The minimum absolute atomic E-state index is 1.16. The smallest absolute Gasteiger partial charge is 0.120 e. The highest BCUT2D eigenvalue weighted by Gasteiger charge is 2.03.